The topological polar surface area (TPSA) is 74.4 Å². The maximum atomic E-state index is 12.5. The van der Waals surface area contributed by atoms with Gasteiger partial charge >= 0.3 is 6.09 Å². The monoisotopic (exact) mass is 415 g/mol. The smallest absolute Gasteiger partial charge is 0.410 e. The Labute approximate surface area is 182 Å². The molecule has 7 heteroatoms. The molecule has 7 nitrogen and oxygen atoms in total. The molecule has 0 N–H and O–H groups in total. The summed E-state index contributed by atoms with van der Waals surface area (Å²) in [5.41, 5.74) is 3.86. The quantitative estimate of drug-likeness (QED) is 0.638. The lowest BCUT2D eigenvalue weighted by Crippen LogP contribution is -2.49. The lowest BCUT2D eigenvalue weighted by atomic mass is 10.1. The van der Waals surface area contributed by atoms with Gasteiger partial charge in [0.15, 0.2) is 0 Å². The van der Waals surface area contributed by atoms with Crippen LogP contribution >= 0.6 is 0 Å². The van der Waals surface area contributed by atoms with Crippen LogP contribution in [0.5, 0.6) is 5.75 Å². The van der Waals surface area contributed by atoms with E-state index in [4.69, 9.17) is 10.00 Å². The van der Waals surface area contributed by atoms with Crippen molar-refractivity contribution < 1.29 is 9.53 Å². The van der Waals surface area contributed by atoms with Crippen molar-refractivity contribution in [1.29, 1.82) is 5.26 Å². The number of nitrogens with zero attached hydrogens (tertiary/aromatic N) is 5. The third-order valence-electron chi connectivity index (χ3n) is 5.54. The zero-order chi connectivity index (χ0) is 21.6. The Balaban J connectivity index is 1.30. The molecular formula is C24H25N5O2. The number of rotatable bonds is 5. The number of piperazine rings is 1. The summed E-state index contributed by atoms with van der Waals surface area (Å²) in [5, 5.41) is 8.95. The predicted molar refractivity (Wildman–Crippen MR) is 117 cm³/mol. The van der Waals surface area contributed by atoms with Gasteiger partial charge < -0.3 is 14.2 Å². The fourth-order valence-electron chi connectivity index (χ4n) is 3.65. The first kappa shape index (κ1) is 20.6. The van der Waals surface area contributed by atoms with E-state index in [2.05, 4.69) is 20.5 Å². The number of para-hydroxylation sites is 1. The first-order valence-electron chi connectivity index (χ1n) is 10.3. The van der Waals surface area contributed by atoms with Crippen molar-refractivity contribution in [3.63, 3.8) is 0 Å². The van der Waals surface area contributed by atoms with Gasteiger partial charge in [0.2, 0.25) is 0 Å². The molecule has 0 bridgehead atoms. The SMILES string of the molecule is Cc1ccccc1OC(=O)N1CCN(Cc2cncn2Cc2ccc(C#N)cc2)CC1. The minimum Gasteiger partial charge on any atom is -0.410 e. The Bertz CT molecular complexity index is 1080. The zero-order valence-electron chi connectivity index (χ0n) is 17.6. The van der Waals surface area contributed by atoms with Crippen LogP contribution in [-0.2, 0) is 13.1 Å². The molecule has 1 aromatic heterocycles. The molecule has 3 aromatic rings. The molecule has 1 aliphatic rings. The van der Waals surface area contributed by atoms with E-state index >= 15 is 0 Å². The highest BCUT2D eigenvalue weighted by molar-refractivity contribution is 5.71. The number of aromatic nitrogens is 2. The Morgan fingerprint density at radius 1 is 1.06 bits per heavy atom. The van der Waals surface area contributed by atoms with Gasteiger partial charge in [0.25, 0.3) is 0 Å². The van der Waals surface area contributed by atoms with Crippen LogP contribution in [0.15, 0.2) is 61.1 Å². The van der Waals surface area contributed by atoms with Crippen molar-refractivity contribution in [1.82, 2.24) is 19.4 Å². The van der Waals surface area contributed by atoms with Crippen molar-refractivity contribution in [2.24, 2.45) is 0 Å². The molecule has 2 aromatic carbocycles. The van der Waals surface area contributed by atoms with Crippen LogP contribution in [0.25, 0.3) is 0 Å². The van der Waals surface area contributed by atoms with Crippen LogP contribution in [0.4, 0.5) is 4.79 Å². The molecule has 2 heterocycles. The van der Waals surface area contributed by atoms with E-state index in [1.165, 1.54) is 0 Å². The largest absolute Gasteiger partial charge is 0.415 e. The van der Waals surface area contributed by atoms with Gasteiger partial charge in [-0.25, -0.2) is 9.78 Å². The van der Waals surface area contributed by atoms with Crippen molar-refractivity contribution in [2.75, 3.05) is 26.2 Å². The van der Waals surface area contributed by atoms with E-state index in [-0.39, 0.29) is 6.09 Å². The predicted octanol–water partition coefficient (Wildman–Crippen LogP) is 3.43. The van der Waals surface area contributed by atoms with Crippen molar-refractivity contribution in [3.05, 3.63) is 83.4 Å². The lowest BCUT2D eigenvalue weighted by molar-refractivity contribution is 0.106. The summed E-state index contributed by atoms with van der Waals surface area (Å²) in [6.07, 6.45) is 3.44. The number of carbonyl (C=O) groups is 1. The van der Waals surface area contributed by atoms with Crippen molar-refractivity contribution in [3.8, 4) is 11.8 Å². The third kappa shape index (κ3) is 5.11. The van der Waals surface area contributed by atoms with Gasteiger partial charge in [-0.3, -0.25) is 4.90 Å². The van der Waals surface area contributed by atoms with Crippen LogP contribution in [0.1, 0.15) is 22.4 Å². The molecular weight excluding hydrogens is 390 g/mol. The van der Waals surface area contributed by atoms with Gasteiger partial charge in [-0.2, -0.15) is 5.26 Å². The number of amides is 1. The number of aryl methyl sites for hydroxylation is 1. The first-order chi connectivity index (χ1) is 15.1. The number of imidazole rings is 1. The fourth-order valence-corrected chi connectivity index (χ4v) is 3.65. The molecule has 0 radical (unpaired) electrons. The summed E-state index contributed by atoms with van der Waals surface area (Å²) < 4.78 is 7.69. The molecule has 1 saturated heterocycles. The molecule has 0 unspecified atom stereocenters. The third-order valence-corrected chi connectivity index (χ3v) is 5.54. The van der Waals surface area contributed by atoms with Crippen LogP contribution < -0.4 is 4.74 Å². The van der Waals surface area contributed by atoms with Crippen LogP contribution in [0.3, 0.4) is 0 Å². The number of nitriles is 1. The number of ether oxygens (including phenoxy) is 1. The summed E-state index contributed by atoms with van der Waals surface area (Å²) >= 11 is 0. The van der Waals surface area contributed by atoms with E-state index < -0.39 is 0 Å². The zero-order valence-corrected chi connectivity index (χ0v) is 17.6. The highest BCUT2D eigenvalue weighted by Gasteiger charge is 2.23. The molecule has 1 amide bonds. The Morgan fingerprint density at radius 2 is 1.81 bits per heavy atom. The molecule has 31 heavy (non-hydrogen) atoms. The van der Waals surface area contributed by atoms with E-state index in [1.54, 1.807) is 4.90 Å². The average Bonchev–Trinajstić information content (AvgIpc) is 3.22. The molecule has 1 aliphatic heterocycles. The Morgan fingerprint density at radius 3 is 2.52 bits per heavy atom. The summed E-state index contributed by atoms with van der Waals surface area (Å²) in [4.78, 5) is 20.9. The first-order valence-corrected chi connectivity index (χ1v) is 10.3. The normalized spacial score (nSPS) is 14.3. The van der Waals surface area contributed by atoms with E-state index in [9.17, 15) is 4.79 Å². The molecule has 0 atom stereocenters. The summed E-state index contributed by atoms with van der Waals surface area (Å²) in [6, 6.07) is 17.3. The Hall–Kier alpha value is -3.63. The maximum absolute atomic E-state index is 12.5. The summed E-state index contributed by atoms with van der Waals surface area (Å²) in [7, 11) is 0. The fraction of sp³-hybridized carbons (Fsp3) is 0.292. The second-order valence-corrected chi connectivity index (χ2v) is 7.72. The number of hydrogen-bond donors (Lipinski definition) is 0. The van der Waals surface area contributed by atoms with Gasteiger partial charge in [0.1, 0.15) is 5.75 Å². The molecule has 0 aliphatic carbocycles. The van der Waals surface area contributed by atoms with Gasteiger partial charge in [-0.15, -0.1) is 0 Å². The van der Waals surface area contributed by atoms with Crippen molar-refractivity contribution in [2.45, 2.75) is 20.0 Å². The Kier molecular flexibility index (Phi) is 6.29. The van der Waals surface area contributed by atoms with E-state index in [0.29, 0.717) is 30.9 Å². The number of hydrogen-bond acceptors (Lipinski definition) is 5. The second kappa shape index (κ2) is 9.45. The van der Waals surface area contributed by atoms with Crippen LogP contribution in [0, 0.1) is 18.3 Å². The second-order valence-electron chi connectivity index (χ2n) is 7.72. The highest BCUT2D eigenvalue weighted by atomic mass is 16.6. The van der Waals surface area contributed by atoms with E-state index in [0.717, 1.165) is 36.5 Å². The van der Waals surface area contributed by atoms with Gasteiger partial charge in [0, 0.05) is 45.5 Å². The highest BCUT2D eigenvalue weighted by Crippen LogP contribution is 2.18. The maximum Gasteiger partial charge on any atom is 0.415 e. The van der Waals surface area contributed by atoms with Crippen molar-refractivity contribution >= 4 is 6.09 Å². The van der Waals surface area contributed by atoms with E-state index in [1.807, 2.05) is 68.0 Å². The van der Waals surface area contributed by atoms with Crippen LogP contribution in [0.2, 0.25) is 0 Å². The number of carbonyl (C=O) groups excluding carboxylic acids is 1. The summed E-state index contributed by atoms with van der Waals surface area (Å²) in [5.74, 6) is 0.613. The van der Waals surface area contributed by atoms with Gasteiger partial charge in [-0.05, 0) is 36.2 Å². The molecule has 0 spiro atoms. The van der Waals surface area contributed by atoms with Crippen LogP contribution in [-0.4, -0.2) is 51.6 Å². The average molecular weight is 415 g/mol. The molecule has 4 rings (SSSR count). The molecule has 158 valence electrons. The van der Waals surface area contributed by atoms with Gasteiger partial charge in [0.05, 0.1) is 23.7 Å². The number of benzene rings is 2. The lowest BCUT2D eigenvalue weighted by Gasteiger charge is -2.34. The van der Waals surface area contributed by atoms with Gasteiger partial charge in [-0.1, -0.05) is 30.3 Å². The standard InChI is InChI=1S/C24H25N5O2/c1-19-4-2-3-5-23(19)31-24(30)28-12-10-27(11-13-28)17-22-15-26-18-29(22)16-21-8-6-20(14-25)7-9-21/h2-9,15,18H,10-13,16-17H2,1H3. The minimum absolute atomic E-state index is 0.292. The minimum atomic E-state index is -0.292. The summed E-state index contributed by atoms with van der Waals surface area (Å²) in [6.45, 7) is 6.25. The molecule has 0 saturated carbocycles. The molecule has 1 fully saturated rings.